The van der Waals surface area contributed by atoms with Crippen LogP contribution in [0.1, 0.15) is 24.2 Å². The van der Waals surface area contributed by atoms with Crippen LogP contribution in [0.4, 0.5) is 17.1 Å². The van der Waals surface area contributed by atoms with Crippen LogP contribution in [0.3, 0.4) is 0 Å². The van der Waals surface area contributed by atoms with Crippen molar-refractivity contribution in [1.29, 1.82) is 0 Å². The number of carbonyl (C=O) groups excluding carboxylic acids is 1. The molecule has 0 radical (unpaired) electrons. The summed E-state index contributed by atoms with van der Waals surface area (Å²) >= 11 is 0. The molecule has 3 rings (SSSR count). The summed E-state index contributed by atoms with van der Waals surface area (Å²) in [6, 6.07) is 24.6. The third-order valence-corrected chi connectivity index (χ3v) is 3.69. The Balaban J connectivity index is 1.60. The van der Waals surface area contributed by atoms with E-state index in [-0.39, 0.29) is 12.0 Å². The van der Waals surface area contributed by atoms with Gasteiger partial charge in [0.1, 0.15) is 5.75 Å². The Morgan fingerprint density at radius 2 is 1.31 bits per heavy atom. The zero-order valence-corrected chi connectivity index (χ0v) is 14.9. The maximum absolute atomic E-state index is 12.2. The Hall–Kier alpha value is -3.27. The molecule has 2 N–H and O–H groups in total. The first-order chi connectivity index (χ1) is 12.6. The fourth-order valence-corrected chi connectivity index (χ4v) is 2.49. The Morgan fingerprint density at radius 3 is 1.88 bits per heavy atom. The SMILES string of the molecule is CC(C)Oc1ccc(Nc2ccc(NC(=O)c3ccccc3)cc2)cc1. The first-order valence-electron chi connectivity index (χ1n) is 8.60. The Bertz CT molecular complexity index is 842. The van der Waals surface area contributed by atoms with Gasteiger partial charge < -0.3 is 15.4 Å². The quantitative estimate of drug-likeness (QED) is 0.622. The molecular formula is C22H22N2O2. The van der Waals surface area contributed by atoms with Crippen LogP contribution in [-0.4, -0.2) is 12.0 Å². The average molecular weight is 346 g/mol. The summed E-state index contributed by atoms with van der Waals surface area (Å²) in [5, 5.41) is 6.22. The van der Waals surface area contributed by atoms with Gasteiger partial charge in [0.25, 0.3) is 5.91 Å². The predicted octanol–water partition coefficient (Wildman–Crippen LogP) is 5.47. The summed E-state index contributed by atoms with van der Waals surface area (Å²) in [5.74, 6) is 0.733. The highest BCUT2D eigenvalue weighted by Crippen LogP contribution is 2.22. The van der Waals surface area contributed by atoms with Gasteiger partial charge in [-0.2, -0.15) is 0 Å². The second-order valence-electron chi connectivity index (χ2n) is 6.21. The zero-order chi connectivity index (χ0) is 18.4. The lowest BCUT2D eigenvalue weighted by atomic mass is 10.2. The first-order valence-corrected chi connectivity index (χ1v) is 8.60. The van der Waals surface area contributed by atoms with Crippen molar-refractivity contribution >= 4 is 23.0 Å². The highest BCUT2D eigenvalue weighted by atomic mass is 16.5. The molecule has 0 saturated heterocycles. The fourth-order valence-electron chi connectivity index (χ4n) is 2.49. The van der Waals surface area contributed by atoms with Gasteiger partial charge >= 0.3 is 0 Å². The molecule has 0 fully saturated rings. The number of amides is 1. The molecule has 26 heavy (non-hydrogen) atoms. The van der Waals surface area contributed by atoms with E-state index in [1.165, 1.54) is 0 Å². The number of carbonyl (C=O) groups is 1. The van der Waals surface area contributed by atoms with Gasteiger partial charge in [-0.25, -0.2) is 0 Å². The summed E-state index contributed by atoms with van der Waals surface area (Å²) < 4.78 is 5.64. The summed E-state index contributed by atoms with van der Waals surface area (Å²) in [4.78, 5) is 12.2. The van der Waals surface area contributed by atoms with Crippen molar-refractivity contribution in [3.05, 3.63) is 84.4 Å². The van der Waals surface area contributed by atoms with Crippen molar-refractivity contribution in [2.75, 3.05) is 10.6 Å². The highest BCUT2D eigenvalue weighted by Gasteiger charge is 2.05. The Labute approximate surface area is 153 Å². The number of hydrogen-bond donors (Lipinski definition) is 2. The smallest absolute Gasteiger partial charge is 0.255 e. The molecule has 0 aliphatic heterocycles. The van der Waals surface area contributed by atoms with E-state index in [9.17, 15) is 4.79 Å². The van der Waals surface area contributed by atoms with Crippen LogP contribution in [0, 0.1) is 0 Å². The van der Waals surface area contributed by atoms with Crippen LogP contribution in [0.2, 0.25) is 0 Å². The monoisotopic (exact) mass is 346 g/mol. The van der Waals surface area contributed by atoms with E-state index in [1.54, 1.807) is 12.1 Å². The molecule has 1 amide bonds. The molecule has 0 aliphatic carbocycles. The molecule has 4 nitrogen and oxygen atoms in total. The van der Waals surface area contributed by atoms with Crippen LogP contribution < -0.4 is 15.4 Å². The number of hydrogen-bond acceptors (Lipinski definition) is 3. The number of nitrogens with one attached hydrogen (secondary N) is 2. The van der Waals surface area contributed by atoms with Gasteiger partial charge in [-0.1, -0.05) is 18.2 Å². The molecule has 0 bridgehead atoms. The van der Waals surface area contributed by atoms with E-state index < -0.39 is 0 Å². The normalized spacial score (nSPS) is 10.4. The van der Waals surface area contributed by atoms with Crippen LogP contribution >= 0.6 is 0 Å². The van der Waals surface area contributed by atoms with E-state index in [2.05, 4.69) is 10.6 Å². The molecule has 4 heteroatoms. The summed E-state index contributed by atoms with van der Waals surface area (Å²) in [5.41, 5.74) is 3.31. The lowest BCUT2D eigenvalue weighted by molar-refractivity contribution is 0.102. The average Bonchev–Trinajstić information content (AvgIpc) is 2.65. The molecule has 3 aromatic rings. The fraction of sp³-hybridized carbons (Fsp3) is 0.136. The van der Waals surface area contributed by atoms with E-state index in [4.69, 9.17) is 4.74 Å². The molecule has 132 valence electrons. The molecule has 0 heterocycles. The largest absolute Gasteiger partial charge is 0.491 e. The summed E-state index contributed by atoms with van der Waals surface area (Å²) in [6.45, 7) is 4.01. The maximum atomic E-state index is 12.2. The minimum Gasteiger partial charge on any atom is -0.491 e. The molecule has 0 unspecified atom stereocenters. The van der Waals surface area contributed by atoms with E-state index in [0.717, 1.165) is 22.8 Å². The van der Waals surface area contributed by atoms with Gasteiger partial charge in [-0.3, -0.25) is 4.79 Å². The third-order valence-electron chi connectivity index (χ3n) is 3.69. The van der Waals surface area contributed by atoms with Gasteiger partial charge in [-0.15, -0.1) is 0 Å². The standard InChI is InChI=1S/C22H22N2O2/c1-16(2)26-21-14-12-19(13-15-21)23-18-8-10-20(11-9-18)24-22(25)17-6-4-3-5-7-17/h3-16,23H,1-2H3,(H,24,25). The molecule has 0 atom stereocenters. The first kappa shape index (κ1) is 17.5. The van der Waals surface area contributed by atoms with Crippen molar-refractivity contribution in [3.8, 4) is 5.75 Å². The van der Waals surface area contributed by atoms with Crippen LogP contribution in [0.5, 0.6) is 5.75 Å². The van der Waals surface area contributed by atoms with Crippen molar-refractivity contribution in [1.82, 2.24) is 0 Å². The van der Waals surface area contributed by atoms with Crippen LogP contribution in [0.25, 0.3) is 0 Å². The molecule has 0 spiro atoms. The van der Waals surface area contributed by atoms with Gasteiger partial charge in [0, 0.05) is 22.6 Å². The van der Waals surface area contributed by atoms with Crippen molar-refractivity contribution < 1.29 is 9.53 Å². The van der Waals surface area contributed by atoms with Crippen molar-refractivity contribution in [2.45, 2.75) is 20.0 Å². The Kier molecular flexibility index (Phi) is 5.54. The van der Waals surface area contributed by atoms with Gasteiger partial charge in [0.2, 0.25) is 0 Å². The van der Waals surface area contributed by atoms with E-state index >= 15 is 0 Å². The minimum absolute atomic E-state index is 0.118. The summed E-state index contributed by atoms with van der Waals surface area (Å²) in [6.07, 6.45) is 0.160. The van der Waals surface area contributed by atoms with Crippen molar-refractivity contribution in [2.24, 2.45) is 0 Å². The van der Waals surface area contributed by atoms with Gasteiger partial charge in [-0.05, 0) is 74.5 Å². The van der Waals surface area contributed by atoms with Crippen LogP contribution in [0.15, 0.2) is 78.9 Å². The molecule has 3 aromatic carbocycles. The maximum Gasteiger partial charge on any atom is 0.255 e. The predicted molar refractivity (Wildman–Crippen MR) is 106 cm³/mol. The van der Waals surface area contributed by atoms with Gasteiger partial charge in [0.05, 0.1) is 6.10 Å². The number of rotatable bonds is 6. The number of ether oxygens (including phenoxy) is 1. The minimum atomic E-state index is -0.118. The van der Waals surface area contributed by atoms with Crippen molar-refractivity contribution in [3.63, 3.8) is 0 Å². The number of anilines is 3. The summed E-state index contributed by atoms with van der Waals surface area (Å²) in [7, 11) is 0. The molecule has 0 aliphatic rings. The number of benzene rings is 3. The van der Waals surface area contributed by atoms with E-state index in [1.807, 2.05) is 80.6 Å². The van der Waals surface area contributed by atoms with Gasteiger partial charge in [0.15, 0.2) is 0 Å². The van der Waals surface area contributed by atoms with Crippen LogP contribution in [-0.2, 0) is 0 Å². The molecular weight excluding hydrogens is 324 g/mol. The zero-order valence-electron chi connectivity index (χ0n) is 14.9. The Morgan fingerprint density at radius 1 is 0.769 bits per heavy atom. The molecule has 0 saturated carbocycles. The second-order valence-corrected chi connectivity index (χ2v) is 6.21. The lowest BCUT2D eigenvalue weighted by Gasteiger charge is -2.11. The topological polar surface area (TPSA) is 50.4 Å². The second kappa shape index (κ2) is 8.21. The van der Waals surface area contributed by atoms with E-state index in [0.29, 0.717) is 5.56 Å². The third kappa shape index (κ3) is 4.86. The highest BCUT2D eigenvalue weighted by molar-refractivity contribution is 6.04. The lowest BCUT2D eigenvalue weighted by Crippen LogP contribution is -2.11. The molecule has 0 aromatic heterocycles.